The predicted molar refractivity (Wildman–Crippen MR) is 92.4 cm³/mol. The first kappa shape index (κ1) is 17.8. The highest BCUT2D eigenvalue weighted by Gasteiger charge is 2.30. The van der Waals surface area contributed by atoms with E-state index in [1.54, 1.807) is 0 Å². The molecule has 2 aliphatic rings. The van der Waals surface area contributed by atoms with E-state index < -0.39 is 5.82 Å². The smallest absolute Gasteiger partial charge is 0.286 e. The number of carbonyl (C=O) groups is 1. The molecule has 8 heteroatoms. The van der Waals surface area contributed by atoms with Crippen LogP contribution in [0.1, 0.15) is 12.5 Å². The third-order valence-corrected chi connectivity index (χ3v) is 4.65. The number of carbonyl (C=O) groups excluding carboxylic acids is 1. The van der Waals surface area contributed by atoms with Gasteiger partial charge in [0.2, 0.25) is 0 Å². The fourth-order valence-electron chi connectivity index (χ4n) is 2.43. The Morgan fingerprint density at radius 2 is 2.30 bits per heavy atom. The molecular weight excluding hydrogens is 341 g/mol. The van der Waals surface area contributed by atoms with Crippen LogP contribution in [0, 0.1) is 5.82 Å². The summed E-state index contributed by atoms with van der Waals surface area (Å²) < 4.78 is 13.3. The Labute approximate surface area is 144 Å². The van der Waals surface area contributed by atoms with Crippen molar-refractivity contribution in [3.63, 3.8) is 0 Å². The van der Waals surface area contributed by atoms with E-state index in [2.05, 4.69) is 22.1 Å². The zero-order valence-corrected chi connectivity index (χ0v) is 14.1. The Morgan fingerprint density at radius 1 is 1.52 bits per heavy atom. The van der Waals surface area contributed by atoms with Crippen LogP contribution < -0.4 is 5.32 Å². The predicted octanol–water partition coefficient (Wildman–Crippen LogP) is 2.22. The highest BCUT2D eigenvalue weighted by Crippen LogP contribution is 2.33. The van der Waals surface area contributed by atoms with Gasteiger partial charge in [0.1, 0.15) is 11.6 Å². The molecule has 2 N–H and O–H groups in total. The van der Waals surface area contributed by atoms with Gasteiger partial charge >= 0.3 is 0 Å². The van der Waals surface area contributed by atoms with Crippen LogP contribution in [0.5, 0.6) is 5.75 Å². The maximum absolute atomic E-state index is 13.3. The highest BCUT2D eigenvalue weighted by atomic mass is 35.5. The summed E-state index contributed by atoms with van der Waals surface area (Å²) in [7, 11) is 0. The van der Waals surface area contributed by atoms with Gasteiger partial charge in [-0.15, -0.1) is 12.4 Å². The fourth-order valence-corrected chi connectivity index (χ4v) is 3.46. The van der Waals surface area contributed by atoms with Gasteiger partial charge in [-0.05, 0) is 43.0 Å². The van der Waals surface area contributed by atoms with E-state index in [-0.39, 0.29) is 35.7 Å². The van der Waals surface area contributed by atoms with Gasteiger partial charge in [0.15, 0.2) is 5.17 Å². The van der Waals surface area contributed by atoms with Crippen LogP contribution in [0.4, 0.5) is 4.39 Å². The Hall–Kier alpha value is -1.57. The molecule has 1 aromatic carbocycles. The minimum absolute atomic E-state index is 0. The van der Waals surface area contributed by atoms with E-state index in [1.165, 1.54) is 36.0 Å². The molecule has 0 spiro atoms. The number of nitrogens with zero attached hydrogens (tertiary/aromatic N) is 2. The molecule has 0 radical (unpaired) electrons. The second kappa shape index (κ2) is 7.33. The summed E-state index contributed by atoms with van der Waals surface area (Å²) in [4.78, 5) is 18.6. The van der Waals surface area contributed by atoms with E-state index in [9.17, 15) is 14.3 Å². The highest BCUT2D eigenvalue weighted by molar-refractivity contribution is 8.18. The Morgan fingerprint density at radius 3 is 3.04 bits per heavy atom. The van der Waals surface area contributed by atoms with Gasteiger partial charge in [0.25, 0.3) is 5.91 Å². The van der Waals surface area contributed by atoms with Crippen molar-refractivity contribution >= 4 is 41.3 Å². The second-order valence-electron chi connectivity index (χ2n) is 5.26. The van der Waals surface area contributed by atoms with E-state index in [4.69, 9.17) is 0 Å². The standard InChI is InChI=1S/C15H16FN3O2S.ClH/c1-9-8-17-4-5-19(9)15-18-14(21)13(22-15)7-10-6-11(16)2-3-12(10)20;/h2-3,6-7,9,17,20H,4-5,8H2,1H3;1H/t9-;/m0./s1. The lowest BCUT2D eigenvalue weighted by atomic mass is 10.2. The summed E-state index contributed by atoms with van der Waals surface area (Å²) >= 11 is 1.26. The molecule has 0 aromatic heterocycles. The zero-order chi connectivity index (χ0) is 15.7. The van der Waals surface area contributed by atoms with Gasteiger partial charge in [-0.3, -0.25) is 4.79 Å². The molecule has 5 nitrogen and oxygen atoms in total. The molecule has 3 rings (SSSR count). The number of piperazine rings is 1. The second-order valence-corrected chi connectivity index (χ2v) is 6.27. The molecule has 124 valence electrons. The molecule has 0 unspecified atom stereocenters. The van der Waals surface area contributed by atoms with Crippen LogP contribution in [0.25, 0.3) is 6.08 Å². The number of aliphatic imine (C=N–C) groups is 1. The van der Waals surface area contributed by atoms with Crippen LogP contribution in [0.15, 0.2) is 28.1 Å². The third-order valence-electron chi connectivity index (χ3n) is 3.63. The van der Waals surface area contributed by atoms with Crippen molar-refractivity contribution in [3.8, 4) is 5.75 Å². The summed E-state index contributed by atoms with van der Waals surface area (Å²) in [6.07, 6.45) is 1.48. The van der Waals surface area contributed by atoms with Crippen LogP contribution in [-0.2, 0) is 4.79 Å². The number of hydrogen-bond donors (Lipinski definition) is 2. The number of amides is 1. The largest absolute Gasteiger partial charge is 0.507 e. The van der Waals surface area contributed by atoms with Gasteiger partial charge in [-0.2, -0.15) is 4.99 Å². The molecule has 1 atom stereocenters. The number of hydrogen-bond acceptors (Lipinski definition) is 5. The summed E-state index contributed by atoms with van der Waals surface area (Å²) in [6, 6.07) is 3.90. The fraction of sp³-hybridized carbons (Fsp3) is 0.333. The number of amidine groups is 1. The quantitative estimate of drug-likeness (QED) is 0.754. The SMILES string of the molecule is C[C@H]1CNCCN1C1=NC(=O)C(=Cc2cc(F)ccc2O)S1.Cl. The number of halogens is 2. The van der Waals surface area contributed by atoms with Crippen LogP contribution in [0.2, 0.25) is 0 Å². The van der Waals surface area contributed by atoms with Crippen LogP contribution in [0.3, 0.4) is 0 Å². The molecule has 0 bridgehead atoms. The maximum atomic E-state index is 13.3. The average Bonchev–Trinajstić information content (AvgIpc) is 2.84. The van der Waals surface area contributed by atoms with Gasteiger partial charge < -0.3 is 15.3 Å². The van der Waals surface area contributed by atoms with Crippen molar-refractivity contribution in [2.24, 2.45) is 4.99 Å². The summed E-state index contributed by atoms with van der Waals surface area (Å²) in [5.74, 6) is -0.877. The zero-order valence-electron chi connectivity index (χ0n) is 12.5. The lowest BCUT2D eigenvalue weighted by molar-refractivity contribution is -0.113. The average molecular weight is 358 g/mol. The first-order valence-electron chi connectivity index (χ1n) is 7.03. The molecule has 2 aliphatic heterocycles. The minimum atomic E-state index is -0.461. The molecule has 0 saturated carbocycles. The summed E-state index contributed by atoms with van der Waals surface area (Å²) in [6.45, 7) is 4.55. The van der Waals surface area contributed by atoms with Gasteiger partial charge in [-0.25, -0.2) is 4.39 Å². The van der Waals surface area contributed by atoms with Crippen LogP contribution >= 0.6 is 24.2 Å². The van der Waals surface area contributed by atoms with Gasteiger partial charge in [0.05, 0.1) is 4.91 Å². The van der Waals surface area contributed by atoms with Crippen LogP contribution in [-0.4, -0.2) is 46.8 Å². The molecule has 1 saturated heterocycles. The lowest BCUT2D eigenvalue weighted by Gasteiger charge is -2.34. The monoisotopic (exact) mass is 357 g/mol. The first-order chi connectivity index (χ1) is 10.5. The minimum Gasteiger partial charge on any atom is -0.507 e. The molecule has 2 heterocycles. The van der Waals surface area contributed by atoms with Crippen molar-refractivity contribution in [1.82, 2.24) is 10.2 Å². The number of aromatic hydroxyl groups is 1. The van der Waals surface area contributed by atoms with Crippen molar-refractivity contribution in [3.05, 3.63) is 34.5 Å². The summed E-state index contributed by atoms with van der Waals surface area (Å²) in [5, 5.41) is 13.7. The van der Waals surface area contributed by atoms with Crippen molar-refractivity contribution in [1.29, 1.82) is 0 Å². The molecule has 1 fully saturated rings. The molecule has 23 heavy (non-hydrogen) atoms. The van der Waals surface area contributed by atoms with Crippen molar-refractivity contribution < 1.29 is 14.3 Å². The van der Waals surface area contributed by atoms with Crippen molar-refractivity contribution in [2.75, 3.05) is 19.6 Å². The molecule has 0 aliphatic carbocycles. The van der Waals surface area contributed by atoms with Gasteiger partial charge in [-0.1, -0.05) is 0 Å². The number of phenols is 1. The number of benzene rings is 1. The van der Waals surface area contributed by atoms with E-state index in [0.717, 1.165) is 19.6 Å². The maximum Gasteiger partial charge on any atom is 0.286 e. The van der Waals surface area contributed by atoms with Gasteiger partial charge in [0, 0.05) is 31.2 Å². The topological polar surface area (TPSA) is 64.9 Å². The number of phenolic OH excluding ortho intramolecular Hbond substituents is 1. The molecule has 1 amide bonds. The lowest BCUT2D eigenvalue weighted by Crippen LogP contribution is -2.51. The third kappa shape index (κ3) is 3.85. The van der Waals surface area contributed by atoms with E-state index in [0.29, 0.717) is 10.1 Å². The normalized spacial score (nSPS) is 23.0. The molecular formula is C15H17ClFN3O2S. The Kier molecular flexibility index (Phi) is 5.67. The molecule has 1 aromatic rings. The Balaban J connectivity index is 0.00000192. The summed E-state index contributed by atoms with van der Waals surface area (Å²) in [5.41, 5.74) is 0.278. The van der Waals surface area contributed by atoms with Crippen molar-refractivity contribution in [2.45, 2.75) is 13.0 Å². The van der Waals surface area contributed by atoms with E-state index >= 15 is 0 Å². The van der Waals surface area contributed by atoms with E-state index in [1.807, 2.05) is 0 Å². The Bertz CT molecular complexity index is 681. The number of nitrogens with one attached hydrogen (secondary N) is 1. The number of rotatable bonds is 1. The number of thioether (sulfide) groups is 1. The first-order valence-corrected chi connectivity index (χ1v) is 7.84.